The van der Waals surface area contributed by atoms with Crippen molar-refractivity contribution in [3.05, 3.63) is 36.0 Å². The number of amides is 1. The van der Waals surface area contributed by atoms with E-state index in [0.717, 1.165) is 74.4 Å². The van der Waals surface area contributed by atoms with Crippen molar-refractivity contribution in [1.29, 1.82) is 0 Å². The first-order chi connectivity index (χ1) is 12.2. The Morgan fingerprint density at radius 1 is 1.08 bits per heavy atom. The molecule has 132 valence electrons. The van der Waals surface area contributed by atoms with Crippen LogP contribution in [0.3, 0.4) is 0 Å². The molecule has 0 radical (unpaired) electrons. The van der Waals surface area contributed by atoms with Crippen LogP contribution in [0.25, 0.3) is 10.8 Å². The third-order valence-corrected chi connectivity index (χ3v) is 5.39. The van der Waals surface area contributed by atoms with Crippen molar-refractivity contribution in [3.63, 3.8) is 0 Å². The first kappa shape index (κ1) is 16.3. The molecule has 2 saturated heterocycles. The highest BCUT2D eigenvalue weighted by Gasteiger charge is 2.24. The Balaban J connectivity index is 1.69. The molecule has 0 spiro atoms. The number of morpholine rings is 1. The number of aromatic nitrogens is 1. The molecule has 0 aliphatic carbocycles. The zero-order chi connectivity index (χ0) is 17.2. The van der Waals surface area contributed by atoms with E-state index >= 15 is 0 Å². The van der Waals surface area contributed by atoms with E-state index in [1.807, 2.05) is 23.1 Å². The number of piperidine rings is 1. The minimum Gasteiger partial charge on any atom is -0.378 e. The lowest BCUT2D eigenvalue weighted by Gasteiger charge is -2.31. The van der Waals surface area contributed by atoms with E-state index in [2.05, 4.69) is 22.9 Å². The molecule has 25 heavy (non-hydrogen) atoms. The number of fused-ring (bicyclic) bond motifs is 1. The Kier molecular flexibility index (Phi) is 4.57. The Morgan fingerprint density at radius 3 is 2.48 bits per heavy atom. The second-order valence-corrected chi connectivity index (χ2v) is 7.12. The number of likely N-dealkylation sites (tertiary alicyclic amines) is 1. The van der Waals surface area contributed by atoms with E-state index in [-0.39, 0.29) is 5.91 Å². The second-order valence-electron chi connectivity index (χ2n) is 7.12. The Morgan fingerprint density at radius 2 is 1.76 bits per heavy atom. The van der Waals surface area contributed by atoms with E-state index in [4.69, 9.17) is 4.74 Å². The van der Waals surface area contributed by atoms with Gasteiger partial charge in [0.2, 0.25) is 0 Å². The maximum Gasteiger partial charge on any atom is 0.256 e. The fourth-order valence-electron chi connectivity index (χ4n) is 3.76. The highest BCUT2D eigenvalue weighted by Crippen LogP contribution is 2.29. The van der Waals surface area contributed by atoms with Crippen LogP contribution in [0.4, 0.5) is 5.82 Å². The fourth-order valence-corrected chi connectivity index (χ4v) is 3.76. The molecule has 2 fully saturated rings. The van der Waals surface area contributed by atoms with Crippen molar-refractivity contribution in [1.82, 2.24) is 9.88 Å². The van der Waals surface area contributed by atoms with Gasteiger partial charge in [-0.15, -0.1) is 0 Å². The van der Waals surface area contributed by atoms with Crippen LogP contribution in [0.2, 0.25) is 0 Å². The molecular formula is C20H25N3O2. The lowest BCUT2D eigenvalue weighted by Crippen LogP contribution is -2.38. The monoisotopic (exact) mass is 339 g/mol. The fraction of sp³-hybridized carbons (Fsp3) is 0.500. The number of benzene rings is 1. The molecule has 1 aromatic heterocycles. The summed E-state index contributed by atoms with van der Waals surface area (Å²) in [5.41, 5.74) is 0.724. The van der Waals surface area contributed by atoms with Crippen molar-refractivity contribution in [3.8, 4) is 0 Å². The van der Waals surface area contributed by atoms with Crippen LogP contribution in [0, 0.1) is 5.92 Å². The predicted molar refractivity (Wildman–Crippen MR) is 99.1 cm³/mol. The SMILES string of the molecule is CC1CCN(C(=O)c2cnc(N3CCOCC3)c3ccccc23)CC1. The highest BCUT2D eigenvalue weighted by molar-refractivity contribution is 6.09. The zero-order valence-electron chi connectivity index (χ0n) is 14.8. The van der Waals surface area contributed by atoms with E-state index < -0.39 is 0 Å². The van der Waals surface area contributed by atoms with Crippen LogP contribution in [0.15, 0.2) is 30.5 Å². The third-order valence-electron chi connectivity index (χ3n) is 5.39. The van der Waals surface area contributed by atoms with Crippen molar-refractivity contribution >= 4 is 22.5 Å². The lowest BCUT2D eigenvalue weighted by molar-refractivity contribution is 0.0699. The first-order valence-corrected chi connectivity index (χ1v) is 9.24. The maximum atomic E-state index is 13.1. The summed E-state index contributed by atoms with van der Waals surface area (Å²) in [6.07, 6.45) is 3.94. The van der Waals surface area contributed by atoms with Crippen LogP contribution >= 0.6 is 0 Å². The number of anilines is 1. The van der Waals surface area contributed by atoms with Crippen LogP contribution < -0.4 is 4.90 Å². The van der Waals surface area contributed by atoms with Crippen LogP contribution in [-0.2, 0) is 4.74 Å². The van der Waals surface area contributed by atoms with Gasteiger partial charge in [0.05, 0.1) is 18.8 Å². The minimum absolute atomic E-state index is 0.115. The second kappa shape index (κ2) is 7.00. The molecule has 0 saturated carbocycles. The van der Waals surface area contributed by atoms with Gasteiger partial charge >= 0.3 is 0 Å². The smallest absolute Gasteiger partial charge is 0.256 e. The predicted octanol–water partition coefficient (Wildman–Crippen LogP) is 2.94. The van der Waals surface area contributed by atoms with Gasteiger partial charge in [0.25, 0.3) is 5.91 Å². The number of hydrogen-bond acceptors (Lipinski definition) is 4. The zero-order valence-corrected chi connectivity index (χ0v) is 14.8. The summed E-state index contributed by atoms with van der Waals surface area (Å²) in [6, 6.07) is 8.13. The Bertz CT molecular complexity index is 763. The molecule has 0 atom stereocenters. The van der Waals surface area contributed by atoms with Gasteiger partial charge in [-0.05, 0) is 24.1 Å². The van der Waals surface area contributed by atoms with E-state index in [0.29, 0.717) is 5.92 Å². The molecule has 2 aliphatic heterocycles. The number of hydrogen-bond donors (Lipinski definition) is 0. The topological polar surface area (TPSA) is 45.7 Å². The molecule has 5 nitrogen and oxygen atoms in total. The van der Waals surface area contributed by atoms with Gasteiger partial charge in [0.15, 0.2) is 0 Å². The van der Waals surface area contributed by atoms with Gasteiger partial charge in [-0.2, -0.15) is 0 Å². The van der Waals surface area contributed by atoms with Gasteiger partial charge in [0, 0.05) is 37.8 Å². The van der Waals surface area contributed by atoms with Crippen LogP contribution in [0.1, 0.15) is 30.1 Å². The van der Waals surface area contributed by atoms with Crippen molar-refractivity contribution in [2.75, 3.05) is 44.3 Å². The molecule has 0 N–H and O–H groups in total. The average molecular weight is 339 g/mol. The quantitative estimate of drug-likeness (QED) is 0.844. The number of ether oxygens (including phenoxy) is 1. The average Bonchev–Trinajstić information content (AvgIpc) is 2.68. The summed E-state index contributed by atoms with van der Waals surface area (Å²) < 4.78 is 5.45. The number of pyridine rings is 1. The number of carbonyl (C=O) groups is 1. The summed E-state index contributed by atoms with van der Waals surface area (Å²) in [6.45, 7) is 7.09. The van der Waals surface area contributed by atoms with Crippen molar-refractivity contribution in [2.24, 2.45) is 5.92 Å². The summed E-state index contributed by atoms with van der Waals surface area (Å²) in [5, 5.41) is 2.06. The van der Waals surface area contributed by atoms with Gasteiger partial charge in [-0.1, -0.05) is 31.2 Å². The molecule has 2 aromatic rings. The lowest BCUT2D eigenvalue weighted by atomic mass is 9.98. The van der Waals surface area contributed by atoms with Gasteiger partial charge < -0.3 is 14.5 Å². The third kappa shape index (κ3) is 3.21. The molecule has 1 aromatic carbocycles. The van der Waals surface area contributed by atoms with E-state index in [9.17, 15) is 4.79 Å². The van der Waals surface area contributed by atoms with Gasteiger partial charge in [-0.25, -0.2) is 4.98 Å². The molecule has 2 aliphatic rings. The summed E-state index contributed by atoms with van der Waals surface area (Å²) in [5.74, 6) is 1.79. The molecule has 0 unspecified atom stereocenters. The summed E-state index contributed by atoms with van der Waals surface area (Å²) in [7, 11) is 0. The standard InChI is InChI=1S/C20H25N3O2/c1-15-6-8-23(9-7-15)20(24)18-14-21-19(22-10-12-25-13-11-22)17-5-3-2-4-16(17)18/h2-5,14-15H,6-13H2,1H3. The van der Waals surface area contributed by atoms with Crippen molar-refractivity contribution in [2.45, 2.75) is 19.8 Å². The maximum absolute atomic E-state index is 13.1. The Labute approximate surface area is 148 Å². The molecular weight excluding hydrogens is 314 g/mol. The Hall–Kier alpha value is -2.14. The molecule has 1 amide bonds. The molecule has 4 rings (SSSR count). The molecule has 5 heteroatoms. The number of rotatable bonds is 2. The van der Waals surface area contributed by atoms with Gasteiger partial charge in [-0.3, -0.25) is 4.79 Å². The van der Waals surface area contributed by atoms with Crippen molar-refractivity contribution < 1.29 is 9.53 Å². The van der Waals surface area contributed by atoms with Crippen LogP contribution in [0.5, 0.6) is 0 Å². The summed E-state index contributed by atoms with van der Waals surface area (Å²) >= 11 is 0. The molecule has 3 heterocycles. The molecule has 0 bridgehead atoms. The largest absolute Gasteiger partial charge is 0.378 e. The highest BCUT2D eigenvalue weighted by atomic mass is 16.5. The van der Waals surface area contributed by atoms with E-state index in [1.54, 1.807) is 6.20 Å². The summed E-state index contributed by atoms with van der Waals surface area (Å²) in [4.78, 5) is 22.0. The van der Waals surface area contributed by atoms with Crippen LogP contribution in [-0.4, -0.2) is 55.2 Å². The van der Waals surface area contributed by atoms with Gasteiger partial charge in [0.1, 0.15) is 5.82 Å². The number of nitrogens with zero attached hydrogens (tertiary/aromatic N) is 3. The number of carbonyl (C=O) groups excluding carboxylic acids is 1. The minimum atomic E-state index is 0.115. The van der Waals surface area contributed by atoms with E-state index in [1.165, 1.54) is 0 Å². The first-order valence-electron chi connectivity index (χ1n) is 9.24. The normalized spacial score (nSPS) is 19.4.